The minimum Gasteiger partial charge on any atom is -0.486 e. The normalized spacial score (nSPS) is 13.7. The lowest BCUT2D eigenvalue weighted by molar-refractivity contribution is 0.0561. The van der Waals surface area contributed by atoms with Crippen molar-refractivity contribution in [1.29, 1.82) is 0 Å². The highest BCUT2D eigenvalue weighted by molar-refractivity contribution is 5.96. The van der Waals surface area contributed by atoms with E-state index in [1.165, 1.54) is 7.11 Å². The SMILES string of the molecule is COC(=O)c1ccc(COc2ccc3c(c2)CCCNC3=O)o1. The van der Waals surface area contributed by atoms with Gasteiger partial charge < -0.3 is 19.2 Å². The van der Waals surface area contributed by atoms with E-state index in [0.717, 1.165) is 18.4 Å². The van der Waals surface area contributed by atoms with E-state index in [-0.39, 0.29) is 18.3 Å². The second-order valence-corrected chi connectivity index (χ2v) is 5.22. The van der Waals surface area contributed by atoms with Gasteiger partial charge in [0.25, 0.3) is 5.91 Å². The molecule has 0 saturated heterocycles. The molecular formula is C17H17NO5. The lowest BCUT2D eigenvalue weighted by Crippen LogP contribution is -2.22. The first-order valence-corrected chi connectivity index (χ1v) is 7.38. The van der Waals surface area contributed by atoms with Crippen molar-refractivity contribution in [2.24, 2.45) is 0 Å². The van der Waals surface area contributed by atoms with Gasteiger partial charge in [0.2, 0.25) is 5.76 Å². The van der Waals surface area contributed by atoms with Crippen molar-refractivity contribution in [3.05, 3.63) is 53.0 Å². The zero-order valence-corrected chi connectivity index (χ0v) is 12.8. The van der Waals surface area contributed by atoms with Crippen molar-refractivity contribution in [3.8, 4) is 5.75 Å². The number of amides is 1. The number of nitrogens with one attached hydrogen (secondary N) is 1. The molecule has 0 bridgehead atoms. The molecule has 1 amide bonds. The van der Waals surface area contributed by atoms with Crippen LogP contribution in [0, 0.1) is 0 Å². The lowest BCUT2D eigenvalue weighted by Gasteiger charge is -2.09. The van der Waals surface area contributed by atoms with Crippen molar-refractivity contribution in [3.63, 3.8) is 0 Å². The molecule has 0 spiro atoms. The molecule has 120 valence electrons. The molecule has 3 rings (SSSR count). The monoisotopic (exact) mass is 315 g/mol. The fourth-order valence-corrected chi connectivity index (χ4v) is 2.48. The summed E-state index contributed by atoms with van der Waals surface area (Å²) in [5.41, 5.74) is 1.67. The number of carbonyl (C=O) groups excluding carboxylic acids is 2. The zero-order chi connectivity index (χ0) is 16.2. The Morgan fingerprint density at radius 2 is 2.17 bits per heavy atom. The Bertz CT molecular complexity index is 734. The second kappa shape index (κ2) is 6.56. The minimum absolute atomic E-state index is 0.0437. The summed E-state index contributed by atoms with van der Waals surface area (Å²) in [5.74, 6) is 0.766. The van der Waals surface area contributed by atoms with E-state index < -0.39 is 5.97 Å². The number of furan rings is 1. The van der Waals surface area contributed by atoms with Gasteiger partial charge in [-0.25, -0.2) is 4.79 Å². The predicted octanol–water partition coefficient (Wildman–Crippen LogP) is 2.32. The van der Waals surface area contributed by atoms with Gasteiger partial charge in [-0.15, -0.1) is 0 Å². The van der Waals surface area contributed by atoms with Crippen LogP contribution in [0.4, 0.5) is 0 Å². The van der Waals surface area contributed by atoms with Gasteiger partial charge in [0.05, 0.1) is 7.11 Å². The molecule has 6 heteroatoms. The largest absolute Gasteiger partial charge is 0.486 e. The van der Waals surface area contributed by atoms with E-state index in [9.17, 15) is 9.59 Å². The molecule has 2 aromatic rings. The summed E-state index contributed by atoms with van der Waals surface area (Å²) in [6.45, 7) is 0.883. The smallest absolute Gasteiger partial charge is 0.373 e. The van der Waals surface area contributed by atoms with Crippen LogP contribution in [0.2, 0.25) is 0 Å². The molecule has 1 aliphatic heterocycles. The van der Waals surface area contributed by atoms with E-state index in [0.29, 0.717) is 23.6 Å². The number of aryl methyl sites for hydroxylation is 1. The highest BCUT2D eigenvalue weighted by atomic mass is 16.5. The Hall–Kier alpha value is -2.76. The number of fused-ring (bicyclic) bond motifs is 1. The van der Waals surface area contributed by atoms with E-state index in [1.54, 1.807) is 24.3 Å². The quantitative estimate of drug-likeness (QED) is 0.876. The highest BCUT2D eigenvalue weighted by Crippen LogP contribution is 2.22. The van der Waals surface area contributed by atoms with Crippen molar-refractivity contribution >= 4 is 11.9 Å². The maximum Gasteiger partial charge on any atom is 0.373 e. The molecule has 1 aromatic carbocycles. The number of hydrogen-bond donors (Lipinski definition) is 1. The Morgan fingerprint density at radius 3 is 3.00 bits per heavy atom. The van der Waals surface area contributed by atoms with Crippen LogP contribution in [0.1, 0.15) is 38.7 Å². The first-order chi connectivity index (χ1) is 11.2. The molecule has 0 fully saturated rings. The Balaban J connectivity index is 1.69. The average molecular weight is 315 g/mol. The highest BCUT2D eigenvalue weighted by Gasteiger charge is 2.16. The average Bonchev–Trinajstić information content (AvgIpc) is 2.97. The van der Waals surface area contributed by atoms with Crippen LogP contribution >= 0.6 is 0 Å². The summed E-state index contributed by atoms with van der Waals surface area (Å²) in [4.78, 5) is 23.2. The van der Waals surface area contributed by atoms with Crippen LogP contribution in [-0.2, 0) is 17.8 Å². The summed E-state index contributed by atoms with van der Waals surface area (Å²) in [5, 5.41) is 2.86. The van der Waals surface area contributed by atoms with E-state index in [2.05, 4.69) is 10.1 Å². The predicted molar refractivity (Wildman–Crippen MR) is 81.5 cm³/mol. The fourth-order valence-electron chi connectivity index (χ4n) is 2.48. The van der Waals surface area contributed by atoms with Crippen molar-refractivity contribution in [1.82, 2.24) is 5.32 Å². The summed E-state index contributed by atoms with van der Waals surface area (Å²) < 4.78 is 15.6. The fraction of sp³-hybridized carbons (Fsp3) is 0.294. The van der Waals surface area contributed by atoms with E-state index in [1.807, 2.05) is 6.07 Å². The van der Waals surface area contributed by atoms with Gasteiger partial charge in [-0.1, -0.05) is 0 Å². The van der Waals surface area contributed by atoms with E-state index in [4.69, 9.17) is 9.15 Å². The van der Waals surface area contributed by atoms with Gasteiger partial charge in [-0.05, 0) is 48.7 Å². The first-order valence-electron chi connectivity index (χ1n) is 7.38. The minimum atomic E-state index is -0.521. The molecule has 23 heavy (non-hydrogen) atoms. The third-order valence-corrected chi connectivity index (χ3v) is 3.66. The van der Waals surface area contributed by atoms with Crippen LogP contribution < -0.4 is 10.1 Å². The molecule has 1 aliphatic rings. The summed E-state index contributed by atoms with van der Waals surface area (Å²) in [7, 11) is 1.30. The number of esters is 1. The molecular weight excluding hydrogens is 298 g/mol. The van der Waals surface area contributed by atoms with Crippen molar-refractivity contribution in [2.75, 3.05) is 13.7 Å². The Kier molecular flexibility index (Phi) is 4.32. The van der Waals surface area contributed by atoms with Gasteiger partial charge in [0.15, 0.2) is 0 Å². The molecule has 1 N–H and O–H groups in total. The van der Waals surface area contributed by atoms with Gasteiger partial charge in [-0.3, -0.25) is 4.79 Å². The summed E-state index contributed by atoms with van der Waals surface area (Å²) >= 11 is 0. The maximum atomic E-state index is 11.9. The number of carbonyl (C=O) groups is 2. The number of methoxy groups -OCH3 is 1. The van der Waals surface area contributed by atoms with Gasteiger partial charge in [0, 0.05) is 12.1 Å². The topological polar surface area (TPSA) is 77.8 Å². The Morgan fingerprint density at radius 1 is 1.30 bits per heavy atom. The van der Waals surface area contributed by atoms with Gasteiger partial charge in [-0.2, -0.15) is 0 Å². The van der Waals surface area contributed by atoms with Crippen LogP contribution in [0.5, 0.6) is 5.75 Å². The molecule has 1 aromatic heterocycles. The molecule has 0 radical (unpaired) electrons. The van der Waals surface area contributed by atoms with Crippen molar-refractivity contribution in [2.45, 2.75) is 19.4 Å². The number of ether oxygens (including phenoxy) is 2. The molecule has 0 aliphatic carbocycles. The van der Waals surface area contributed by atoms with Gasteiger partial charge >= 0.3 is 5.97 Å². The Labute approximate surface area is 133 Å². The summed E-state index contributed by atoms with van der Waals surface area (Å²) in [6.07, 6.45) is 1.74. The standard InChI is InChI=1S/C17H17NO5/c1-21-17(20)15-7-5-13(23-15)10-22-12-4-6-14-11(9-12)3-2-8-18-16(14)19/h4-7,9H,2-3,8,10H2,1H3,(H,18,19). The van der Waals surface area contributed by atoms with Crippen LogP contribution in [0.25, 0.3) is 0 Å². The third-order valence-electron chi connectivity index (χ3n) is 3.66. The molecule has 0 unspecified atom stereocenters. The second-order valence-electron chi connectivity index (χ2n) is 5.22. The molecule has 0 saturated carbocycles. The van der Waals surface area contributed by atoms with Crippen LogP contribution in [-0.4, -0.2) is 25.5 Å². The number of rotatable bonds is 4. The molecule has 2 heterocycles. The number of hydrogen-bond acceptors (Lipinski definition) is 5. The molecule has 0 atom stereocenters. The third kappa shape index (κ3) is 3.36. The van der Waals surface area contributed by atoms with Crippen molar-refractivity contribution < 1.29 is 23.5 Å². The van der Waals surface area contributed by atoms with E-state index >= 15 is 0 Å². The van der Waals surface area contributed by atoms with Crippen LogP contribution in [0.15, 0.2) is 34.7 Å². The summed E-state index contributed by atoms with van der Waals surface area (Å²) in [6, 6.07) is 8.63. The maximum absolute atomic E-state index is 11.9. The number of benzene rings is 1. The zero-order valence-electron chi connectivity index (χ0n) is 12.8. The first kappa shape index (κ1) is 15.1. The van der Waals surface area contributed by atoms with Gasteiger partial charge in [0.1, 0.15) is 18.1 Å². The van der Waals surface area contributed by atoms with Crippen LogP contribution in [0.3, 0.4) is 0 Å². The molecule has 6 nitrogen and oxygen atoms in total. The lowest BCUT2D eigenvalue weighted by atomic mass is 10.0.